The number of rotatable bonds is 4. The number of amides is 3. The number of carboxylic acids is 1. The first-order valence-electron chi connectivity index (χ1n) is 6.39. The van der Waals surface area contributed by atoms with Crippen LogP contribution in [0.4, 0.5) is 4.79 Å². The van der Waals surface area contributed by atoms with Crippen LogP contribution in [0.5, 0.6) is 0 Å². The second kappa shape index (κ2) is 6.40. The zero-order valence-electron chi connectivity index (χ0n) is 11.3. The Bertz CT molecular complexity index is 370. The van der Waals surface area contributed by atoms with E-state index in [1.165, 1.54) is 9.80 Å². The van der Waals surface area contributed by atoms with Gasteiger partial charge in [0.05, 0.1) is 5.92 Å². The number of hydrogen-bond acceptors (Lipinski definition) is 3. The number of primary amides is 1. The summed E-state index contributed by atoms with van der Waals surface area (Å²) in [5, 5.41) is 9.01. The lowest BCUT2D eigenvalue weighted by atomic mass is 9.98. The topological polar surface area (TPSA) is 104 Å². The summed E-state index contributed by atoms with van der Waals surface area (Å²) >= 11 is 0. The number of carboxylic acid groups (broad SMARTS) is 1. The van der Waals surface area contributed by atoms with E-state index in [1.807, 2.05) is 0 Å². The third-order valence-electron chi connectivity index (χ3n) is 3.24. The summed E-state index contributed by atoms with van der Waals surface area (Å²) in [6.07, 6.45) is 1.24. The molecule has 1 aliphatic rings. The Balaban J connectivity index is 2.73. The fourth-order valence-corrected chi connectivity index (χ4v) is 2.17. The Hall–Kier alpha value is -1.79. The minimum absolute atomic E-state index is 0.148. The van der Waals surface area contributed by atoms with Crippen molar-refractivity contribution >= 4 is 17.9 Å². The number of carbonyl (C=O) groups is 3. The number of carbonyl (C=O) groups excluding carboxylic acids is 2. The summed E-state index contributed by atoms with van der Waals surface area (Å²) in [5.41, 5.74) is 5.13. The molecule has 0 aromatic rings. The highest BCUT2D eigenvalue weighted by Crippen LogP contribution is 2.18. The van der Waals surface area contributed by atoms with Gasteiger partial charge in [-0.3, -0.25) is 9.59 Å². The van der Waals surface area contributed by atoms with Crippen LogP contribution in [0.25, 0.3) is 0 Å². The van der Waals surface area contributed by atoms with Crippen LogP contribution >= 0.6 is 0 Å². The summed E-state index contributed by atoms with van der Waals surface area (Å²) in [5.74, 6) is -1.99. The standard InChI is InChI=1S/C12H21N3O4/c1-8(2)15(7-10(13)16)12(19)14-5-3-4-9(6-14)11(17)18/h8-9H,3-7H2,1-2H3,(H2,13,16)(H,17,18). The number of piperidine rings is 1. The molecule has 7 heteroatoms. The molecule has 0 spiro atoms. The van der Waals surface area contributed by atoms with E-state index in [4.69, 9.17) is 10.8 Å². The average Bonchev–Trinajstić information content (AvgIpc) is 2.34. The molecule has 0 aliphatic carbocycles. The summed E-state index contributed by atoms with van der Waals surface area (Å²) in [6, 6.07) is -0.482. The first kappa shape index (κ1) is 15.3. The maximum atomic E-state index is 12.3. The molecule has 0 radical (unpaired) electrons. The molecule has 0 aromatic carbocycles. The molecule has 1 atom stereocenters. The zero-order chi connectivity index (χ0) is 14.6. The van der Waals surface area contributed by atoms with Crippen molar-refractivity contribution in [1.29, 1.82) is 0 Å². The van der Waals surface area contributed by atoms with E-state index in [0.29, 0.717) is 19.4 Å². The monoisotopic (exact) mass is 271 g/mol. The molecule has 1 heterocycles. The third-order valence-corrected chi connectivity index (χ3v) is 3.24. The Morgan fingerprint density at radius 2 is 2.05 bits per heavy atom. The quantitative estimate of drug-likeness (QED) is 0.756. The van der Waals surface area contributed by atoms with Gasteiger partial charge in [-0.2, -0.15) is 0 Å². The number of urea groups is 1. The van der Waals surface area contributed by atoms with Crippen LogP contribution in [-0.2, 0) is 9.59 Å². The van der Waals surface area contributed by atoms with Gasteiger partial charge >= 0.3 is 12.0 Å². The number of likely N-dealkylation sites (tertiary alicyclic amines) is 1. The van der Waals surface area contributed by atoms with E-state index in [0.717, 1.165) is 0 Å². The molecule has 19 heavy (non-hydrogen) atoms. The molecule has 1 aliphatic heterocycles. The first-order chi connectivity index (χ1) is 8.82. The van der Waals surface area contributed by atoms with Crippen LogP contribution in [0.15, 0.2) is 0 Å². The van der Waals surface area contributed by atoms with Gasteiger partial charge < -0.3 is 20.6 Å². The van der Waals surface area contributed by atoms with Gasteiger partial charge in [-0.05, 0) is 26.7 Å². The second-order valence-corrected chi connectivity index (χ2v) is 5.09. The minimum atomic E-state index is -0.886. The van der Waals surface area contributed by atoms with Crippen LogP contribution in [0, 0.1) is 5.92 Å². The zero-order valence-corrected chi connectivity index (χ0v) is 11.3. The predicted molar refractivity (Wildman–Crippen MR) is 68.4 cm³/mol. The largest absolute Gasteiger partial charge is 0.481 e. The summed E-state index contributed by atoms with van der Waals surface area (Å²) in [6.45, 7) is 4.14. The maximum absolute atomic E-state index is 12.3. The van der Waals surface area contributed by atoms with Gasteiger partial charge in [-0.15, -0.1) is 0 Å². The summed E-state index contributed by atoms with van der Waals surface area (Å²) in [4.78, 5) is 37.1. The van der Waals surface area contributed by atoms with Gasteiger partial charge in [0, 0.05) is 19.1 Å². The highest BCUT2D eigenvalue weighted by molar-refractivity contribution is 5.83. The van der Waals surface area contributed by atoms with Gasteiger partial charge in [0.15, 0.2) is 0 Å². The molecule has 0 aromatic heterocycles. The van der Waals surface area contributed by atoms with Crippen LogP contribution in [0.2, 0.25) is 0 Å². The minimum Gasteiger partial charge on any atom is -0.481 e. The van der Waals surface area contributed by atoms with E-state index < -0.39 is 17.8 Å². The number of hydrogen-bond donors (Lipinski definition) is 2. The molecule has 0 bridgehead atoms. The van der Waals surface area contributed by atoms with Gasteiger partial charge in [0.1, 0.15) is 6.54 Å². The van der Waals surface area contributed by atoms with Crippen molar-refractivity contribution < 1.29 is 19.5 Å². The lowest BCUT2D eigenvalue weighted by Gasteiger charge is -2.36. The van der Waals surface area contributed by atoms with Crippen molar-refractivity contribution in [2.24, 2.45) is 11.7 Å². The Morgan fingerprint density at radius 1 is 1.42 bits per heavy atom. The van der Waals surface area contributed by atoms with Crippen molar-refractivity contribution in [3.8, 4) is 0 Å². The summed E-state index contributed by atoms with van der Waals surface area (Å²) in [7, 11) is 0. The first-order valence-corrected chi connectivity index (χ1v) is 6.39. The Labute approximate surface area is 112 Å². The molecule has 108 valence electrons. The third kappa shape index (κ3) is 4.11. The van der Waals surface area contributed by atoms with Crippen molar-refractivity contribution in [3.05, 3.63) is 0 Å². The van der Waals surface area contributed by atoms with Crippen LogP contribution in [0.3, 0.4) is 0 Å². The molecule has 1 fully saturated rings. The number of nitrogens with two attached hydrogens (primary N) is 1. The predicted octanol–water partition coefficient (Wildman–Crippen LogP) is 0.0987. The van der Waals surface area contributed by atoms with E-state index in [9.17, 15) is 14.4 Å². The van der Waals surface area contributed by atoms with Gasteiger partial charge in [-0.25, -0.2) is 4.79 Å². The Morgan fingerprint density at radius 3 is 2.53 bits per heavy atom. The molecule has 3 amide bonds. The van der Waals surface area contributed by atoms with Gasteiger partial charge in [0.2, 0.25) is 5.91 Å². The normalized spacial score (nSPS) is 19.3. The van der Waals surface area contributed by atoms with Gasteiger partial charge in [-0.1, -0.05) is 0 Å². The van der Waals surface area contributed by atoms with Crippen LogP contribution < -0.4 is 5.73 Å². The van der Waals surface area contributed by atoms with Crippen molar-refractivity contribution in [3.63, 3.8) is 0 Å². The number of nitrogens with zero attached hydrogens (tertiary/aromatic N) is 2. The highest BCUT2D eigenvalue weighted by atomic mass is 16.4. The Kier molecular flexibility index (Phi) is 5.14. The molecule has 1 unspecified atom stereocenters. The SMILES string of the molecule is CC(C)N(CC(N)=O)C(=O)N1CCCC(C(=O)O)C1. The molecule has 7 nitrogen and oxygen atoms in total. The maximum Gasteiger partial charge on any atom is 0.320 e. The average molecular weight is 271 g/mol. The van der Waals surface area contributed by atoms with Crippen LogP contribution in [-0.4, -0.2) is 58.5 Å². The second-order valence-electron chi connectivity index (χ2n) is 5.09. The smallest absolute Gasteiger partial charge is 0.320 e. The fraction of sp³-hybridized carbons (Fsp3) is 0.750. The molecule has 1 rings (SSSR count). The molecular weight excluding hydrogens is 250 g/mol. The molecule has 3 N–H and O–H groups in total. The lowest BCUT2D eigenvalue weighted by Crippen LogP contribution is -2.52. The highest BCUT2D eigenvalue weighted by Gasteiger charge is 2.31. The number of aliphatic carboxylic acids is 1. The lowest BCUT2D eigenvalue weighted by molar-refractivity contribution is -0.143. The van der Waals surface area contributed by atoms with Crippen molar-refractivity contribution in [2.75, 3.05) is 19.6 Å². The molecular formula is C12H21N3O4. The molecule has 0 saturated carbocycles. The fourth-order valence-electron chi connectivity index (χ4n) is 2.17. The summed E-state index contributed by atoms with van der Waals surface area (Å²) < 4.78 is 0. The van der Waals surface area contributed by atoms with E-state index in [2.05, 4.69) is 0 Å². The van der Waals surface area contributed by atoms with Crippen LogP contribution in [0.1, 0.15) is 26.7 Å². The van der Waals surface area contributed by atoms with E-state index in [1.54, 1.807) is 13.8 Å². The van der Waals surface area contributed by atoms with Gasteiger partial charge in [0.25, 0.3) is 0 Å². The van der Waals surface area contributed by atoms with Crippen molar-refractivity contribution in [2.45, 2.75) is 32.7 Å². The van der Waals surface area contributed by atoms with E-state index >= 15 is 0 Å². The van der Waals surface area contributed by atoms with Crippen molar-refractivity contribution in [1.82, 2.24) is 9.80 Å². The molecule has 1 saturated heterocycles. The van der Waals surface area contributed by atoms with E-state index in [-0.39, 0.29) is 25.2 Å².